The lowest BCUT2D eigenvalue weighted by molar-refractivity contribution is 0.172. The van der Waals surface area contributed by atoms with Gasteiger partial charge < -0.3 is 25.4 Å². The fraction of sp³-hybridized carbons (Fsp3) is 0.500. The van der Waals surface area contributed by atoms with E-state index in [-0.39, 0.29) is 57.4 Å². The van der Waals surface area contributed by atoms with Crippen LogP contribution >= 0.6 is 11.6 Å². The fourth-order valence-corrected chi connectivity index (χ4v) is 2.93. The normalized spacial score (nSPS) is 13.1. The second-order valence-electron chi connectivity index (χ2n) is 8.40. The molecule has 0 aliphatic carbocycles. The van der Waals surface area contributed by atoms with Crippen LogP contribution in [0.15, 0.2) is 17.4 Å². The summed E-state index contributed by atoms with van der Waals surface area (Å²) in [5.41, 5.74) is 5.06. The summed E-state index contributed by atoms with van der Waals surface area (Å²) in [5.74, 6) is -1.87. The molecule has 2 rings (SSSR count). The summed E-state index contributed by atoms with van der Waals surface area (Å²) in [4.78, 5) is 12.6. The zero-order chi connectivity index (χ0) is 24.8. The van der Waals surface area contributed by atoms with E-state index in [4.69, 9.17) is 26.8 Å². The van der Waals surface area contributed by atoms with Crippen molar-refractivity contribution < 1.29 is 23.1 Å². The van der Waals surface area contributed by atoms with Gasteiger partial charge in [0.25, 0.3) is 0 Å². The third-order valence-corrected chi connectivity index (χ3v) is 5.31. The number of nitrogens with one attached hydrogen (secondary N) is 1. The van der Waals surface area contributed by atoms with Gasteiger partial charge in [-0.05, 0) is 12.3 Å². The molecule has 0 saturated heterocycles. The summed E-state index contributed by atoms with van der Waals surface area (Å²) in [7, 11) is 2.87. The Morgan fingerprint density at radius 1 is 1.27 bits per heavy atom. The van der Waals surface area contributed by atoms with Crippen LogP contribution in [0.1, 0.15) is 39.9 Å². The van der Waals surface area contributed by atoms with Crippen molar-refractivity contribution in [1.82, 2.24) is 9.97 Å². The Balaban J connectivity index is 2.57. The Bertz CT molecular complexity index is 999. The predicted octanol–water partition coefficient (Wildman–Crippen LogP) is 4.60. The molecule has 0 radical (unpaired) electrons. The molecule has 182 valence electrons. The summed E-state index contributed by atoms with van der Waals surface area (Å²) < 4.78 is 41.6. The first-order valence-electron chi connectivity index (χ1n) is 10.3. The Labute approximate surface area is 197 Å². The Kier molecular flexibility index (Phi) is 9.18. The van der Waals surface area contributed by atoms with Crippen LogP contribution in [-0.2, 0) is 9.57 Å². The lowest BCUT2D eigenvalue weighted by Gasteiger charge is -2.30. The first-order valence-corrected chi connectivity index (χ1v) is 10.7. The molecule has 1 heterocycles. The first kappa shape index (κ1) is 26.5. The molecule has 0 bridgehead atoms. The smallest absolute Gasteiger partial charge is 0.208 e. The van der Waals surface area contributed by atoms with Crippen LogP contribution in [0.25, 0.3) is 11.1 Å². The van der Waals surface area contributed by atoms with Crippen molar-refractivity contribution in [3.8, 4) is 16.9 Å². The first-order chi connectivity index (χ1) is 15.5. The molecule has 3 N–H and O–H groups in total. The number of amidine groups is 1. The van der Waals surface area contributed by atoms with Gasteiger partial charge in [-0.1, -0.05) is 37.5 Å². The molecule has 0 spiro atoms. The number of aromatic nitrogens is 2. The van der Waals surface area contributed by atoms with Crippen LogP contribution in [0, 0.1) is 17.0 Å². The van der Waals surface area contributed by atoms with E-state index in [2.05, 4.69) is 25.3 Å². The monoisotopic (exact) mass is 485 g/mol. The highest BCUT2D eigenvalue weighted by Gasteiger charge is 2.27. The van der Waals surface area contributed by atoms with Crippen LogP contribution in [0.5, 0.6) is 5.75 Å². The van der Waals surface area contributed by atoms with Gasteiger partial charge in [-0.3, -0.25) is 0 Å². The number of hydrogen-bond acceptors (Lipinski definition) is 7. The number of halogens is 3. The van der Waals surface area contributed by atoms with Crippen molar-refractivity contribution in [2.24, 2.45) is 16.3 Å². The molecule has 1 atom stereocenters. The SMILES string of the molecule is COCCCOc1cc(F)c(-c2cnc(/C(N)=N\OC)nc2Cl)c(F)c1NC(C)C(C)(C)C. The van der Waals surface area contributed by atoms with Gasteiger partial charge in [0.1, 0.15) is 29.5 Å². The van der Waals surface area contributed by atoms with Gasteiger partial charge in [0, 0.05) is 44.0 Å². The van der Waals surface area contributed by atoms with Gasteiger partial charge in [-0.2, -0.15) is 0 Å². The van der Waals surface area contributed by atoms with Gasteiger partial charge >= 0.3 is 0 Å². The molecule has 11 heteroatoms. The number of anilines is 1. The van der Waals surface area contributed by atoms with E-state index < -0.39 is 11.6 Å². The fourth-order valence-electron chi connectivity index (χ4n) is 2.70. The van der Waals surface area contributed by atoms with E-state index >= 15 is 8.78 Å². The zero-order valence-corrected chi connectivity index (χ0v) is 20.4. The van der Waals surface area contributed by atoms with E-state index in [1.165, 1.54) is 13.3 Å². The lowest BCUT2D eigenvalue weighted by Crippen LogP contribution is -2.31. The highest BCUT2D eigenvalue weighted by atomic mass is 35.5. The van der Waals surface area contributed by atoms with Gasteiger partial charge in [0.15, 0.2) is 11.6 Å². The molecular formula is C22H30ClF2N5O3. The van der Waals surface area contributed by atoms with Gasteiger partial charge in [-0.25, -0.2) is 18.7 Å². The van der Waals surface area contributed by atoms with Crippen molar-refractivity contribution >= 4 is 23.1 Å². The summed E-state index contributed by atoms with van der Waals surface area (Å²) in [5, 5.41) is 6.45. The summed E-state index contributed by atoms with van der Waals surface area (Å²) in [6, 6.07) is 0.944. The predicted molar refractivity (Wildman–Crippen MR) is 125 cm³/mol. The highest BCUT2D eigenvalue weighted by Crippen LogP contribution is 2.40. The maximum absolute atomic E-state index is 15.8. The molecule has 1 aromatic heterocycles. The zero-order valence-electron chi connectivity index (χ0n) is 19.6. The molecule has 1 unspecified atom stereocenters. The number of hydrogen-bond donors (Lipinski definition) is 2. The van der Waals surface area contributed by atoms with Crippen molar-refractivity contribution in [3.05, 3.63) is 34.9 Å². The van der Waals surface area contributed by atoms with E-state index in [0.717, 1.165) is 6.07 Å². The number of oxime groups is 1. The summed E-state index contributed by atoms with van der Waals surface area (Å²) in [6.07, 6.45) is 1.74. The van der Waals surface area contributed by atoms with Crippen LogP contribution in [-0.4, -0.2) is 49.3 Å². The van der Waals surface area contributed by atoms with Crippen LogP contribution in [0.2, 0.25) is 5.15 Å². The summed E-state index contributed by atoms with van der Waals surface area (Å²) >= 11 is 6.24. The van der Waals surface area contributed by atoms with Crippen molar-refractivity contribution in [2.75, 3.05) is 32.8 Å². The lowest BCUT2D eigenvalue weighted by atomic mass is 9.88. The van der Waals surface area contributed by atoms with Crippen molar-refractivity contribution in [1.29, 1.82) is 0 Å². The van der Waals surface area contributed by atoms with Crippen LogP contribution in [0.4, 0.5) is 14.5 Å². The summed E-state index contributed by atoms with van der Waals surface area (Å²) in [6.45, 7) is 8.59. The number of nitrogens with zero attached hydrogens (tertiary/aromatic N) is 3. The second kappa shape index (κ2) is 11.4. The number of ether oxygens (including phenoxy) is 2. The Morgan fingerprint density at radius 2 is 1.97 bits per heavy atom. The minimum atomic E-state index is -0.875. The van der Waals surface area contributed by atoms with E-state index in [1.54, 1.807) is 7.11 Å². The number of rotatable bonds is 10. The maximum atomic E-state index is 15.8. The number of nitrogens with two attached hydrogens (primary N) is 1. The molecule has 0 fully saturated rings. The minimum Gasteiger partial charge on any atom is -0.491 e. The van der Waals surface area contributed by atoms with Gasteiger partial charge in [0.05, 0.1) is 12.2 Å². The molecule has 2 aromatic rings. The average Bonchev–Trinajstić information content (AvgIpc) is 2.74. The maximum Gasteiger partial charge on any atom is 0.208 e. The topological polar surface area (TPSA) is 104 Å². The quantitative estimate of drug-likeness (QED) is 0.166. The molecule has 1 aromatic carbocycles. The van der Waals surface area contributed by atoms with E-state index in [9.17, 15) is 0 Å². The standard InChI is InChI=1S/C22H30ClF2N5O3/c1-12(22(2,3)4)28-18-15(33-9-7-8-31-5)10-14(24)16(17(18)25)13-11-27-21(29-19(13)23)20(26)30-32-6/h10-12,28H,7-9H2,1-6H3,(H2,26,30). The molecule has 8 nitrogen and oxygen atoms in total. The second-order valence-corrected chi connectivity index (χ2v) is 8.76. The largest absolute Gasteiger partial charge is 0.491 e. The molecule has 0 saturated carbocycles. The number of benzene rings is 1. The van der Waals surface area contributed by atoms with Crippen LogP contribution in [0.3, 0.4) is 0 Å². The third kappa shape index (κ3) is 6.64. The third-order valence-electron chi connectivity index (χ3n) is 5.02. The molecule has 0 aliphatic heterocycles. The van der Waals surface area contributed by atoms with Gasteiger partial charge in [0.2, 0.25) is 5.84 Å². The minimum absolute atomic E-state index is 0.0202. The highest BCUT2D eigenvalue weighted by molar-refractivity contribution is 6.32. The van der Waals surface area contributed by atoms with Crippen LogP contribution < -0.4 is 15.8 Å². The molecular weight excluding hydrogens is 456 g/mol. The van der Waals surface area contributed by atoms with Crippen molar-refractivity contribution in [2.45, 2.75) is 40.2 Å². The number of methoxy groups -OCH3 is 1. The average molecular weight is 486 g/mol. The van der Waals surface area contributed by atoms with Gasteiger partial charge in [-0.15, -0.1) is 0 Å². The molecule has 0 amide bonds. The molecule has 33 heavy (non-hydrogen) atoms. The van der Waals surface area contributed by atoms with Crippen molar-refractivity contribution in [3.63, 3.8) is 0 Å². The Morgan fingerprint density at radius 3 is 2.55 bits per heavy atom. The van der Waals surface area contributed by atoms with E-state index in [0.29, 0.717) is 13.0 Å². The molecule has 0 aliphatic rings. The van der Waals surface area contributed by atoms with E-state index in [1.807, 2.05) is 27.7 Å². The Hall–Kier alpha value is -2.72.